The quantitative estimate of drug-likeness (QED) is 0.351. The Labute approximate surface area is 122 Å². The van der Waals surface area contributed by atoms with Crippen LogP contribution in [0, 0.1) is 0 Å². The molecule has 0 spiro atoms. The number of nitrogens with zero attached hydrogens (tertiary/aromatic N) is 2. The molecule has 1 aliphatic heterocycles. The van der Waals surface area contributed by atoms with Crippen LogP contribution in [0.1, 0.15) is 20.7 Å². The normalized spacial score (nSPS) is 13.5. The van der Waals surface area contributed by atoms with Crippen molar-refractivity contribution < 1.29 is 31.5 Å². The number of rotatable bonds is 1. The molecule has 0 N–H and O–H groups in total. The summed E-state index contributed by atoms with van der Waals surface area (Å²) in [6, 6.07) is 12.2. The van der Waals surface area contributed by atoms with Gasteiger partial charge >= 0.3 is 19.1 Å². The van der Waals surface area contributed by atoms with Crippen LogP contribution in [0.4, 0.5) is 17.3 Å². The van der Waals surface area contributed by atoms with Gasteiger partial charge in [-0.15, -0.1) is 0 Å². The third kappa shape index (κ3) is 3.49. The molecule has 0 saturated heterocycles. The number of fused-ring (bicyclic) bond motifs is 1. The number of halogens is 4. The van der Waals surface area contributed by atoms with Crippen molar-refractivity contribution in [3.8, 4) is 0 Å². The largest absolute Gasteiger partial charge is 0.673 e. The lowest BCUT2D eigenvalue weighted by Gasteiger charge is -2.04. The zero-order valence-electron chi connectivity index (χ0n) is 11.0. The summed E-state index contributed by atoms with van der Waals surface area (Å²) in [5.41, 5.74) is 0.905. The molecule has 2 aromatic rings. The molecule has 114 valence electrons. The molecule has 2 amide bonds. The number of benzene rings is 1. The summed E-state index contributed by atoms with van der Waals surface area (Å²) in [7, 11) is -6.00. The van der Waals surface area contributed by atoms with Crippen molar-refractivity contribution >= 4 is 19.1 Å². The topological polar surface area (TPSA) is 41.3 Å². The fourth-order valence-electron chi connectivity index (χ4n) is 1.91. The summed E-state index contributed by atoms with van der Waals surface area (Å²) in [4.78, 5) is 24.2. The van der Waals surface area contributed by atoms with Gasteiger partial charge in [-0.05, 0) is 17.1 Å². The van der Waals surface area contributed by atoms with E-state index in [1.165, 1.54) is 4.68 Å². The molecule has 3 rings (SSSR count). The van der Waals surface area contributed by atoms with E-state index in [1.54, 1.807) is 48.8 Å². The average molecular weight is 312 g/mol. The number of carbonyl (C=O) groups is 2. The first-order valence-corrected chi connectivity index (χ1v) is 6.11. The van der Waals surface area contributed by atoms with Gasteiger partial charge in [0.25, 0.3) is 0 Å². The molecule has 0 aliphatic carbocycles. The molecule has 0 saturated carbocycles. The van der Waals surface area contributed by atoms with Gasteiger partial charge in [0, 0.05) is 12.1 Å². The smallest absolute Gasteiger partial charge is 0.418 e. The minimum atomic E-state index is -6.00. The number of hydrogen-bond acceptors (Lipinski definition) is 2. The van der Waals surface area contributed by atoms with Gasteiger partial charge in [0.2, 0.25) is 12.4 Å². The van der Waals surface area contributed by atoms with Gasteiger partial charge in [0.15, 0.2) is 0 Å². The molecular weight excluding hydrogens is 303 g/mol. The van der Waals surface area contributed by atoms with Gasteiger partial charge in [-0.1, -0.05) is 22.9 Å². The van der Waals surface area contributed by atoms with Crippen molar-refractivity contribution in [3.05, 3.63) is 66.0 Å². The van der Waals surface area contributed by atoms with E-state index in [0.29, 0.717) is 11.1 Å². The van der Waals surface area contributed by atoms with E-state index in [0.717, 1.165) is 5.01 Å². The minimum absolute atomic E-state index is 0.290. The Balaban J connectivity index is 0.000000309. The Morgan fingerprint density at radius 1 is 0.773 bits per heavy atom. The lowest BCUT2D eigenvalue weighted by atomic mass is 10.1. The second kappa shape index (κ2) is 5.96. The number of hydrogen-bond donors (Lipinski definition) is 0. The summed E-state index contributed by atoms with van der Waals surface area (Å²) >= 11 is 0. The van der Waals surface area contributed by atoms with Crippen LogP contribution in [-0.4, -0.2) is 19.1 Å². The minimum Gasteiger partial charge on any atom is -0.418 e. The first kappa shape index (κ1) is 15.7. The van der Waals surface area contributed by atoms with Gasteiger partial charge in [-0.25, -0.2) is 0 Å². The average Bonchev–Trinajstić information content (AvgIpc) is 2.71. The van der Waals surface area contributed by atoms with E-state index in [2.05, 4.69) is 0 Å². The summed E-state index contributed by atoms with van der Waals surface area (Å²) < 4.78 is 40.5. The maximum absolute atomic E-state index is 12.1. The predicted octanol–water partition coefficient (Wildman–Crippen LogP) is 2.21. The highest BCUT2D eigenvalue weighted by molar-refractivity contribution is 6.50. The van der Waals surface area contributed by atoms with Crippen LogP contribution in [0.2, 0.25) is 0 Å². The Morgan fingerprint density at radius 3 is 1.59 bits per heavy atom. The van der Waals surface area contributed by atoms with Crippen molar-refractivity contribution in [2.24, 2.45) is 0 Å². The molecule has 4 nitrogen and oxygen atoms in total. The fraction of sp³-hybridized carbons (Fsp3) is 0. The Bertz CT molecular complexity index is 666. The summed E-state index contributed by atoms with van der Waals surface area (Å²) in [5, 5.41) is 1.13. The molecule has 1 aromatic carbocycles. The van der Waals surface area contributed by atoms with Gasteiger partial charge in [0.1, 0.15) is 0 Å². The zero-order chi connectivity index (χ0) is 16.3. The molecule has 1 aliphatic rings. The molecule has 22 heavy (non-hydrogen) atoms. The molecule has 9 heteroatoms. The van der Waals surface area contributed by atoms with E-state index in [9.17, 15) is 26.9 Å². The predicted molar refractivity (Wildman–Crippen MR) is 70.1 cm³/mol. The second-order valence-electron chi connectivity index (χ2n) is 4.22. The fourth-order valence-corrected chi connectivity index (χ4v) is 1.91. The zero-order valence-corrected chi connectivity index (χ0v) is 11.0. The lowest BCUT2D eigenvalue weighted by Crippen LogP contribution is -2.60. The first-order chi connectivity index (χ1) is 10.3. The molecule has 0 atom stereocenters. The van der Waals surface area contributed by atoms with Crippen LogP contribution < -0.4 is 9.69 Å². The van der Waals surface area contributed by atoms with Gasteiger partial charge in [0.05, 0.1) is 11.1 Å². The van der Waals surface area contributed by atoms with Crippen LogP contribution >= 0.6 is 0 Å². The molecule has 0 unspecified atom stereocenters. The Kier molecular flexibility index (Phi) is 4.25. The molecule has 0 fully saturated rings. The standard InChI is InChI=1S/C13H9N2O2.BF4/c16-12-10-6-2-3-7-11(10)13(17)15(12)14-8-4-1-5-9-14;2-1(3,4)5/h1-9H;/q+1;-1. The van der Waals surface area contributed by atoms with Crippen molar-refractivity contribution in [2.45, 2.75) is 0 Å². The molecule has 1 aromatic heterocycles. The van der Waals surface area contributed by atoms with Crippen molar-refractivity contribution in [2.75, 3.05) is 5.01 Å². The molecule has 0 radical (unpaired) electrons. The third-order valence-electron chi connectivity index (χ3n) is 2.70. The van der Waals surface area contributed by atoms with E-state index in [-0.39, 0.29) is 11.8 Å². The maximum Gasteiger partial charge on any atom is 0.673 e. The Hall–Kier alpha value is -2.71. The summed E-state index contributed by atoms with van der Waals surface area (Å²) in [6.07, 6.45) is 3.34. The number of imide groups is 1. The van der Waals surface area contributed by atoms with Crippen molar-refractivity contribution in [1.82, 2.24) is 0 Å². The number of carbonyl (C=O) groups excluding carboxylic acids is 2. The number of amides is 2. The Morgan fingerprint density at radius 2 is 1.18 bits per heavy atom. The molecular formula is C13H9BF4N2O2. The van der Waals surface area contributed by atoms with E-state index < -0.39 is 7.25 Å². The van der Waals surface area contributed by atoms with E-state index in [1.807, 2.05) is 6.07 Å². The van der Waals surface area contributed by atoms with E-state index in [4.69, 9.17) is 0 Å². The molecule has 2 heterocycles. The third-order valence-corrected chi connectivity index (χ3v) is 2.70. The van der Waals surface area contributed by atoms with Crippen LogP contribution in [-0.2, 0) is 0 Å². The second-order valence-corrected chi connectivity index (χ2v) is 4.22. The highest BCUT2D eigenvalue weighted by atomic mass is 19.5. The lowest BCUT2D eigenvalue weighted by molar-refractivity contribution is -0.671. The summed E-state index contributed by atoms with van der Waals surface area (Å²) in [5.74, 6) is -0.580. The van der Waals surface area contributed by atoms with Crippen molar-refractivity contribution in [3.63, 3.8) is 0 Å². The number of pyridine rings is 1. The van der Waals surface area contributed by atoms with Gasteiger partial charge < -0.3 is 17.3 Å². The van der Waals surface area contributed by atoms with Crippen LogP contribution in [0.25, 0.3) is 0 Å². The molecule has 0 bridgehead atoms. The number of aromatic nitrogens is 1. The highest BCUT2D eigenvalue weighted by Crippen LogP contribution is 2.18. The monoisotopic (exact) mass is 312 g/mol. The maximum atomic E-state index is 12.1. The summed E-state index contributed by atoms with van der Waals surface area (Å²) in [6.45, 7) is 0. The van der Waals surface area contributed by atoms with E-state index >= 15 is 0 Å². The van der Waals surface area contributed by atoms with Crippen LogP contribution in [0.5, 0.6) is 0 Å². The highest BCUT2D eigenvalue weighted by Gasteiger charge is 2.41. The van der Waals surface area contributed by atoms with Crippen molar-refractivity contribution in [1.29, 1.82) is 0 Å². The first-order valence-electron chi connectivity index (χ1n) is 6.11. The van der Waals surface area contributed by atoms with Crippen LogP contribution in [0.3, 0.4) is 0 Å². The van der Waals surface area contributed by atoms with Crippen LogP contribution in [0.15, 0.2) is 54.9 Å². The van der Waals surface area contributed by atoms with Gasteiger partial charge in [-0.3, -0.25) is 9.59 Å². The SMILES string of the molecule is F[B-](F)(F)F.O=C1c2ccccc2C(=O)N1[n+]1ccccc1. The van der Waals surface area contributed by atoms with Gasteiger partial charge in [-0.2, -0.15) is 0 Å².